The van der Waals surface area contributed by atoms with Gasteiger partial charge in [0.1, 0.15) is 5.82 Å². The van der Waals surface area contributed by atoms with Crippen LogP contribution in [0.5, 0.6) is 0 Å². The molecule has 29 heavy (non-hydrogen) atoms. The van der Waals surface area contributed by atoms with E-state index in [1.165, 1.54) is 4.80 Å². The summed E-state index contributed by atoms with van der Waals surface area (Å²) in [5, 5.41) is 8.41. The standard InChI is InChI=1S/C22H28N6O/c1-6-27(18(4)15-26(5)21-10-8-17(3)14-23-21)22(29)19-13-16(2)7-9-20(19)28-24-11-12-25-28/h7-14,18H,6,15H2,1-5H3/t18-/m0/s1. The molecule has 0 fully saturated rings. The van der Waals surface area contributed by atoms with Crippen LogP contribution in [0.1, 0.15) is 35.3 Å². The normalized spacial score (nSPS) is 11.9. The maximum absolute atomic E-state index is 13.5. The Labute approximate surface area is 172 Å². The zero-order valence-electron chi connectivity index (χ0n) is 17.7. The minimum absolute atomic E-state index is 0.000420. The van der Waals surface area contributed by atoms with Gasteiger partial charge in [0.05, 0.1) is 23.6 Å². The van der Waals surface area contributed by atoms with E-state index < -0.39 is 0 Å². The fourth-order valence-electron chi connectivity index (χ4n) is 3.42. The second-order valence-electron chi connectivity index (χ2n) is 7.35. The summed E-state index contributed by atoms with van der Waals surface area (Å²) in [5.74, 6) is 0.865. The summed E-state index contributed by atoms with van der Waals surface area (Å²) in [5.41, 5.74) is 3.43. The zero-order valence-corrected chi connectivity index (χ0v) is 17.7. The molecule has 7 heteroatoms. The Hall–Kier alpha value is -3.22. The smallest absolute Gasteiger partial charge is 0.256 e. The number of nitrogens with zero attached hydrogens (tertiary/aromatic N) is 6. The molecule has 7 nitrogen and oxygen atoms in total. The number of aryl methyl sites for hydroxylation is 2. The minimum atomic E-state index is -0.0266. The summed E-state index contributed by atoms with van der Waals surface area (Å²) in [7, 11) is 2.00. The number of aromatic nitrogens is 4. The van der Waals surface area contributed by atoms with Crippen molar-refractivity contribution in [3.8, 4) is 5.69 Å². The van der Waals surface area contributed by atoms with Crippen molar-refractivity contribution >= 4 is 11.7 Å². The minimum Gasteiger partial charge on any atom is -0.358 e. The highest BCUT2D eigenvalue weighted by atomic mass is 16.2. The molecule has 3 rings (SSSR count). The van der Waals surface area contributed by atoms with E-state index in [1.54, 1.807) is 12.4 Å². The van der Waals surface area contributed by atoms with Crippen LogP contribution in [0, 0.1) is 13.8 Å². The van der Waals surface area contributed by atoms with E-state index in [2.05, 4.69) is 27.0 Å². The molecule has 1 aromatic carbocycles. The predicted octanol–water partition coefficient (Wildman–Crippen LogP) is 3.27. The number of hydrogen-bond donors (Lipinski definition) is 0. The van der Waals surface area contributed by atoms with Gasteiger partial charge >= 0.3 is 0 Å². The number of anilines is 1. The van der Waals surface area contributed by atoms with Crippen LogP contribution >= 0.6 is 0 Å². The Bertz CT molecular complexity index is 952. The molecule has 152 valence electrons. The highest BCUT2D eigenvalue weighted by Crippen LogP contribution is 2.19. The van der Waals surface area contributed by atoms with Gasteiger partial charge in [-0.15, -0.1) is 0 Å². The summed E-state index contributed by atoms with van der Waals surface area (Å²) >= 11 is 0. The highest BCUT2D eigenvalue weighted by Gasteiger charge is 2.24. The van der Waals surface area contributed by atoms with Crippen molar-refractivity contribution in [2.45, 2.75) is 33.7 Å². The third-order valence-corrected chi connectivity index (χ3v) is 4.98. The second-order valence-corrected chi connectivity index (χ2v) is 7.35. The first kappa shape index (κ1) is 20.5. The largest absolute Gasteiger partial charge is 0.358 e. The number of rotatable bonds is 7. The quantitative estimate of drug-likeness (QED) is 0.617. The summed E-state index contributed by atoms with van der Waals surface area (Å²) in [6.07, 6.45) is 5.07. The molecule has 0 saturated carbocycles. The first-order valence-electron chi connectivity index (χ1n) is 9.82. The summed E-state index contributed by atoms with van der Waals surface area (Å²) < 4.78 is 0. The van der Waals surface area contributed by atoms with Crippen molar-refractivity contribution in [3.05, 3.63) is 65.6 Å². The Balaban J connectivity index is 1.83. The molecular formula is C22H28N6O. The fraction of sp³-hybridized carbons (Fsp3) is 0.364. The van der Waals surface area contributed by atoms with Crippen LogP contribution in [0.15, 0.2) is 48.9 Å². The molecule has 3 aromatic rings. The van der Waals surface area contributed by atoms with E-state index in [-0.39, 0.29) is 11.9 Å². The number of likely N-dealkylation sites (N-methyl/N-ethyl adjacent to an activating group) is 2. The number of amides is 1. The van der Waals surface area contributed by atoms with Crippen LogP contribution < -0.4 is 4.90 Å². The predicted molar refractivity (Wildman–Crippen MR) is 115 cm³/mol. The van der Waals surface area contributed by atoms with Gasteiger partial charge in [0.25, 0.3) is 5.91 Å². The van der Waals surface area contributed by atoms with Crippen molar-refractivity contribution in [1.82, 2.24) is 24.9 Å². The molecule has 0 bridgehead atoms. The van der Waals surface area contributed by atoms with E-state index in [9.17, 15) is 4.79 Å². The molecule has 0 saturated heterocycles. The van der Waals surface area contributed by atoms with Gasteiger partial charge in [-0.1, -0.05) is 17.7 Å². The lowest BCUT2D eigenvalue weighted by atomic mass is 10.1. The van der Waals surface area contributed by atoms with Gasteiger partial charge in [0.2, 0.25) is 0 Å². The van der Waals surface area contributed by atoms with Crippen molar-refractivity contribution in [1.29, 1.82) is 0 Å². The fourth-order valence-corrected chi connectivity index (χ4v) is 3.42. The van der Waals surface area contributed by atoms with Crippen molar-refractivity contribution in [2.75, 3.05) is 25.0 Å². The summed E-state index contributed by atoms with van der Waals surface area (Å²) in [4.78, 5) is 23.4. The molecule has 0 radical (unpaired) electrons. The Morgan fingerprint density at radius 1 is 1.10 bits per heavy atom. The lowest BCUT2D eigenvalue weighted by Gasteiger charge is -2.32. The number of pyridine rings is 1. The van der Waals surface area contributed by atoms with E-state index in [0.29, 0.717) is 24.3 Å². The van der Waals surface area contributed by atoms with Crippen LogP contribution in [-0.2, 0) is 0 Å². The maximum Gasteiger partial charge on any atom is 0.256 e. The first-order valence-corrected chi connectivity index (χ1v) is 9.82. The van der Waals surface area contributed by atoms with Crippen molar-refractivity contribution in [2.24, 2.45) is 0 Å². The van der Waals surface area contributed by atoms with Crippen molar-refractivity contribution in [3.63, 3.8) is 0 Å². The molecular weight excluding hydrogens is 364 g/mol. The van der Waals surface area contributed by atoms with E-state index in [1.807, 2.05) is 69.2 Å². The molecule has 0 unspecified atom stereocenters. The molecule has 0 N–H and O–H groups in total. The van der Waals surface area contributed by atoms with Gasteiger partial charge in [-0.3, -0.25) is 4.79 Å². The topological polar surface area (TPSA) is 67.2 Å². The lowest BCUT2D eigenvalue weighted by molar-refractivity contribution is 0.0708. The Kier molecular flexibility index (Phi) is 6.26. The van der Waals surface area contributed by atoms with E-state index in [0.717, 1.165) is 16.9 Å². The van der Waals surface area contributed by atoms with Crippen LogP contribution in [0.25, 0.3) is 5.69 Å². The molecule has 0 spiro atoms. The molecule has 2 aromatic heterocycles. The molecule has 0 aliphatic heterocycles. The van der Waals surface area contributed by atoms with E-state index >= 15 is 0 Å². The third-order valence-electron chi connectivity index (χ3n) is 4.98. The third kappa shape index (κ3) is 4.62. The number of benzene rings is 1. The number of hydrogen-bond acceptors (Lipinski definition) is 5. The van der Waals surface area contributed by atoms with Crippen LogP contribution in [0.4, 0.5) is 5.82 Å². The zero-order chi connectivity index (χ0) is 21.0. The molecule has 2 heterocycles. The molecule has 0 aliphatic rings. The summed E-state index contributed by atoms with van der Waals surface area (Å²) in [6.45, 7) is 9.35. The van der Waals surface area contributed by atoms with Gasteiger partial charge in [0, 0.05) is 32.4 Å². The average Bonchev–Trinajstić information content (AvgIpc) is 3.23. The van der Waals surface area contributed by atoms with Gasteiger partial charge in [-0.25, -0.2) is 4.98 Å². The van der Waals surface area contributed by atoms with Gasteiger partial charge < -0.3 is 9.80 Å². The Morgan fingerprint density at radius 2 is 1.79 bits per heavy atom. The van der Waals surface area contributed by atoms with Crippen molar-refractivity contribution < 1.29 is 4.79 Å². The lowest BCUT2D eigenvalue weighted by Crippen LogP contribution is -2.45. The first-order chi connectivity index (χ1) is 13.9. The average molecular weight is 393 g/mol. The molecule has 0 aliphatic carbocycles. The monoisotopic (exact) mass is 392 g/mol. The van der Waals surface area contributed by atoms with Gasteiger partial charge in [-0.05, 0) is 51.5 Å². The van der Waals surface area contributed by atoms with Crippen LogP contribution in [0.2, 0.25) is 0 Å². The molecule has 1 amide bonds. The summed E-state index contributed by atoms with van der Waals surface area (Å²) in [6, 6.07) is 9.81. The highest BCUT2D eigenvalue weighted by molar-refractivity contribution is 5.98. The Morgan fingerprint density at radius 3 is 2.41 bits per heavy atom. The van der Waals surface area contributed by atoms with Crippen LogP contribution in [0.3, 0.4) is 0 Å². The number of carbonyl (C=O) groups excluding carboxylic acids is 1. The van der Waals surface area contributed by atoms with Crippen LogP contribution in [-0.4, -0.2) is 57.0 Å². The second kappa shape index (κ2) is 8.86. The van der Waals surface area contributed by atoms with Gasteiger partial charge in [0.15, 0.2) is 0 Å². The number of carbonyl (C=O) groups is 1. The SMILES string of the molecule is CCN(C(=O)c1cc(C)ccc1-n1nccn1)[C@@H](C)CN(C)c1ccc(C)cn1. The maximum atomic E-state index is 13.5. The molecule has 1 atom stereocenters. The van der Waals surface area contributed by atoms with Gasteiger partial charge in [-0.2, -0.15) is 15.0 Å². The van der Waals surface area contributed by atoms with E-state index in [4.69, 9.17) is 0 Å².